The highest BCUT2D eigenvalue weighted by atomic mass is 16.1. The first kappa shape index (κ1) is 11.2. The molecule has 2 atom stereocenters. The summed E-state index contributed by atoms with van der Waals surface area (Å²) in [6.07, 6.45) is 7.84. The molecular formula is C13H20O. The molecule has 14 heavy (non-hydrogen) atoms. The summed E-state index contributed by atoms with van der Waals surface area (Å²) in [5, 5.41) is 0. The Bertz CT molecular complexity index is 286. The van der Waals surface area contributed by atoms with E-state index in [0.29, 0.717) is 5.92 Å². The molecule has 1 heteroatoms. The molecule has 0 aromatic rings. The lowest BCUT2D eigenvalue weighted by molar-refractivity contribution is -0.125. The summed E-state index contributed by atoms with van der Waals surface area (Å²) in [5.41, 5.74) is 1.18. The van der Waals surface area contributed by atoms with E-state index in [0.717, 1.165) is 12.8 Å². The van der Waals surface area contributed by atoms with Crippen molar-refractivity contribution < 1.29 is 4.79 Å². The van der Waals surface area contributed by atoms with Crippen molar-refractivity contribution in [2.75, 3.05) is 0 Å². The van der Waals surface area contributed by atoms with Crippen molar-refractivity contribution in [3.05, 3.63) is 23.8 Å². The van der Waals surface area contributed by atoms with E-state index < -0.39 is 0 Å². The Morgan fingerprint density at radius 2 is 2.29 bits per heavy atom. The van der Waals surface area contributed by atoms with Crippen molar-refractivity contribution in [3.63, 3.8) is 0 Å². The highest BCUT2D eigenvalue weighted by molar-refractivity contribution is 5.95. The molecule has 2 unspecified atom stereocenters. The van der Waals surface area contributed by atoms with Crippen LogP contribution in [0.5, 0.6) is 0 Å². The van der Waals surface area contributed by atoms with Crippen molar-refractivity contribution in [2.45, 2.75) is 40.5 Å². The Balaban J connectivity index is 2.94. The van der Waals surface area contributed by atoms with Gasteiger partial charge in [-0.15, -0.1) is 0 Å². The fraction of sp³-hybridized carbons (Fsp3) is 0.615. The normalized spacial score (nSPS) is 33.1. The van der Waals surface area contributed by atoms with Gasteiger partial charge in [0.15, 0.2) is 5.78 Å². The Labute approximate surface area is 86.9 Å². The Hall–Kier alpha value is -0.850. The van der Waals surface area contributed by atoms with Gasteiger partial charge in [0.2, 0.25) is 0 Å². The van der Waals surface area contributed by atoms with Gasteiger partial charge in [0.05, 0.1) is 0 Å². The third-order valence-electron chi connectivity index (χ3n) is 3.65. The molecule has 0 aromatic heterocycles. The van der Waals surface area contributed by atoms with E-state index in [2.05, 4.69) is 26.8 Å². The zero-order valence-corrected chi connectivity index (χ0v) is 9.63. The molecule has 0 bridgehead atoms. The van der Waals surface area contributed by atoms with Gasteiger partial charge in [-0.25, -0.2) is 0 Å². The van der Waals surface area contributed by atoms with Crippen LogP contribution in [0, 0.1) is 11.3 Å². The van der Waals surface area contributed by atoms with Crippen molar-refractivity contribution in [1.29, 1.82) is 0 Å². The predicted molar refractivity (Wildman–Crippen MR) is 60.1 cm³/mol. The predicted octanol–water partition coefficient (Wildman–Crippen LogP) is 3.51. The number of hydrogen-bond donors (Lipinski definition) is 0. The summed E-state index contributed by atoms with van der Waals surface area (Å²) >= 11 is 0. The van der Waals surface area contributed by atoms with Crippen LogP contribution in [0.25, 0.3) is 0 Å². The Morgan fingerprint density at radius 1 is 1.64 bits per heavy atom. The molecule has 0 amide bonds. The molecule has 1 aliphatic carbocycles. The van der Waals surface area contributed by atoms with Crippen molar-refractivity contribution in [1.82, 2.24) is 0 Å². The fourth-order valence-electron chi connectivity index (χ4n) is 2.17. The lowest BCUT2D eigenvalue weighted by Gasteiger charge is -2.37. The maximum Gasteiger partial charge on any atom is 0.161 e. The lowest BCUT2D eigenvalue weighted by atomic mass is 9.66. The van der Waals surface area contributed by atoms with Crippen LogP contribution in [-0.2, 0) is 4.79 Å². The standard InChI is InChI=1S/C13H20O/c1-5-7-12(14)13(4)9-6-8-10(2)11(13)3/h5,7-8,11H,6,9H2,1-4H3/b7-5+. The number of carbonyl (C=O) groups excluding carboxylic acids is 1. The number of carbonyl (C=O) groups is 1. The van der Waals surface area contributed by atoms with Crippen LogP contribution in [0.15, 0.2) is 23.8 Å². The summed E-state index contributed by atoms with van der Waals surface area (Å²) in [6, 6.07) is 0. The van der Waals surface area contributed by atoms with E-state index in [1.165, 1.54) is 5.57 Å². The van der Waals surface area contributed by atoms with E-state index in [9.17, 15) is 4.79 Å². The van der Waals surface area contributed by atoms with Crippen molar-refractivity contribution in [3.8, 4) is 0 Å². The van der Waals surface area contributed by atoms with Crippen LogP contribution in [0.4, 0.5) is 0 Å². The second kappa shape index (κ2) is 4.12. The molecule has 0 aliphatic heterocycles. The van der Waals surface area contributed by atoms with Crippen LogP contribution in [0.2, 0.25) is 0 Å². The summed E-state index contributed by atoms with van der Waals surface area (Å²) in [4.78, 5) is 12.0. The molecule has 0 aromatic carbocycles. The van der Waals surface area contributed by atoms with Gasteiger partial charge in [-0.2, -0.15) is 0 Å². The minimum absolute atomic E-state index is 0.175. The Morgan fingerprint density at radius 3 is 2.86 bits per heavy atom. The monoisotopic (exact) mass is 192 g/mol. The van der Waals surface area contributed by atoms with Crippen LogP contribution >= 0.6 is 0 Å². The van der Waals surface area contributed by atoms with Crippen molar-refractivity contribution >= 4 is 5.78 Å². The minimum atomic E-state index is -0.175. The molecule has 0 fully saturated rings. The minimum Gasteiger partial charge on any atom is -0.294 e. The molecular weight excluding hydrogens is 172 g/mol. The van der Waals surface area contributed by atoms with Gasteiger partial charge in [0, 0.05) is 5.41 Å². The second-order valence-corrected chi connectivity index (χ2v) is 4.49. The van der Waals surface area contributed by atoms with E-state index in [1.807, 2.05) is 13.0 Å². The van der Waals surface area contributed by atoms with Crippen LogP contribution < -0.4 is 0 Å². The van der Waals surface area contributed by atoms with Crippen molar-refractivity contribution in [2.24, 2.45) is 11.3 Å². The summed E-state index contributed by atoms with van der Waals surface area (Å²) in [6.45, 7) is 8.28. The highest BCUT2D eigenvalue weighted by Crippen LogP contribution is 2.41. The number of rotatable bonds is 2. The van der Waals surface area contributed by atoms with Gasteiger partial charge in [-0.1, -0.05) is 31.6 Å². The Kier molecular flexibility index (Phi) is 3.30. The second-order valence-electron chi connectivity index (χ2n) is 4.49. The van der Waals surface area contributed by atoms with E-state index in [4.69, 9.17) is 0 Å². The molecule has 1 aliphatic rings. The summed E-state index contributed by atoms with van der Waals surface area (Å²) < 4.78 is 0. The van der Waals surface area contributed by atoms with Crippen LogP contribution in [0.1, 0.15) is 40.5 Å². The number of ketones is 1. The van der Waals surface area contributed by atoms with Crippen LogP contribution in [0.3, 0.4) is 0 Å². The van der Waals surface area contributed by atoms with Gasteiger partial charge < -0.3 is 0 Å². The third kappa shape index (κ3) is 1.82. The molecule has 0 spiro atoms. The quantitative estimate of drug-likeness (QED) is 0.483. The van der Waals surface area contributed by atoms with Crippen LogP contribution in [-0.4, -0.2) is 5.78 Å². The van der Waals surface area contributed by atoms with Gasteiger partial charge in [-0.05, 0) is 38.7 Å². The SMILES string of the molecule is C/C=C/C(=O)C1(C)CCC=C(C)C1C. The molecule has 0 N–H and O–H groups in total. The molecule has 1 rings (SSSR count). The average molecular weight is 192 g/mol. The zero-order valence-electron chi connectivity index (χ0n) is 9.63. The summed E-state index contributed by atoms with van der Waals surface area (Å²) in [7, 11) is 0. The molecule has 0 heterocycles. The van der Waals surface area contributed by atoms with Gasteiger partial charge in [0.25, 0.3) is 0 Å². The first-order chi connectivity index (χ1) is 6.52. The number of hydrogen-bond acceptors (Lipinski definition) is 1. The molecule has 1 nitrogen and oxygen atoms in total. The first-order valence-electron chi connectivity index (χ1n) is 5.36. The van der Waals surface area contributed by atoms with Gasteiger partial charge >= 0.3 is 0 Å². The maximum atomic E-state index is 12.0. The molecule has 0 saturated heterocycles. The highest BCUT2D eigenvalue weighted by Gasteiger charge is 2.38. The molecule has 78 valence electrons. The third-order valence-corrected chi connectivity index (χ3v) is 3.65. The number of allylic oxidation sites excluding steroid dienone is 4. The average Bonchev–Trinajstić information content (AvgIpc) is 2.14. The molecule has 0 radical (unpaired) electrons. The van der Waals surface area contributed by atoms with E-state index in [-0.39, 0.29) is 11.2 Å². The smallest absolute Gasteiger partial charge is 0.161 e. The first-order valence-corrected chi connectivity index (χ1v) is 5.36. The van der Waals surface area contributed by atoms with Gasteiger partial charge in [0.1, 0.15) is 0 Å². The lowest BCUT2D eigenvalue weighted by Crippen LogP contribution is -2.36. The maximum absolute atomic E-state index is 12.0. The summed E-state index contributed by atoms with van der Waals surface area (Å²) in [5.74, 6) is 0.653. The molecule has 0 saturated carbocycles. The van der Waals surface area contributed by atoms with E-state index >= 15 is 0 Å². The zero-order chi connectivity index (χ0) is 10.8. The largest absolute Gasteiger partial charge is 0.294 e. The van der Waals surface area contributed by atoms with E-state index in [1.54, 1.807) is 6.08 Å². The topological polar surface area (TPSA) is 17.1 Å². The fourth-order valence-corrected chi connectivity index (χ4v) is 2.17. The van der Waals surface area contributed by atoms with Gasteiger partial charge in [-0.3, -0.25) is 4.79 Å².